The number of carboxylic acid groups (broad SMARTS) is 1. The Hall–Kier alpha value is -1.83. The van der Waals surface area contributed by atoms with Gasteiger partial charge in [0.2, 0.25) is 0 Å². The molecule has 8 heteroatoms. The van der Waals surface area contributed by atoms with Crippen molar-refractivity contribution in [3.63, 3.8) is 0 Å². The average Bonchev–Trinajstić information content (AvgIpc) is 2.70. The molecule has 34 heavy (non-hydrogen) atoms. The summed E-state index contributed by atoms with van der Waals surface area (Å²) in [7, 11) is 0. The minimum Gasteiger partial charge on any atom is -0.480 e. The second kappa shape index (κ2) is 14.5. The first-order valence-corrected chi connectivity index (χ1v) is 13.0. The van der Waals surface area contributed by atoms with Gasteiger partial charge in [0.25, 0.3) is 0 Å². The summed E-state index contributed by atoms with van der Waals surface area (Å²) in [6.07, 6.45) is 13.6. The standard InChI is InChI=1S/C14H25NO6.C12H23N/c1-13(2,3)20-10(16)8-7-9(11(17)18)15-12(19)21-14(4,5)6;1-3-7-11(8-4-1)13-12-9-5-2-6-10-12/h9H,7-8H2,1-6H3,(H,15,19)(H,17,18);11-13H,1-10H2. The third-order valence-electron chi connectivity index (χ3n) is 5.73. The Kier molecular flexibility index (Phi) is 12.9. The zero-order chi connectivity index (χ0) is 25.8. The minimum absolute atomic E-state index is 0.0660. The predicted octanol–water partition coefficient (Wildman–Crippen LogP) is 5.33. The van der Waals surface area contributed by atoms with Crippen LogP contribution in [0, 0.1) is 0 Å². The summed E-state index contributed by atoms with van der Waals surface area (Å²) in [5, 5.41) is 15.1. The Balaban J connectivity index is 0.000000375. The van der Waals surface area contributed by atoms with E-state index in [1.165, 1.54) is 64.2 Å². The van der Waals surface area contributed by atoms with Crippen LogP contribution in [0.2, 0.25) is 0 Å². The van der Waals surface area contributed by atoms with Crippen LogP contribution in [0.3, 0.4) is 0 Å². The predicted molar refractivity (Wildman–Crippen MR) is 133 cm³/mol. The third-order valence-corrected chi connectivity index (χ3v) is 5.73. The van der Waals surface area contributed by atoms with Crippen LogP contribution in [0.25, 0.3) is 0 Å². The van der Waals surface area contributed by atoms with E-state index >= 15 is 0 Å². The lowest BCUT2D eigenvalue weighted by Crippen LogP contribution is -2.43. The summed E-state index contributed by atoms with van der Waals surface area (Å²) in [6, 6.07) is 0.543. The number of esters is 1. The van der Waals surface area contributed by atoms with Crippen LogP contribution >= 0.6 is 0 Å². The van der Waals surface area contributed by atoms with Crippen LogP contribution in [-0.2, 0) is 19.1 Å². The number of amides is 1. The van der Waals surface area contributed by atoms with Crippen LogP contribution < -0.4 is 10.6 Å². The van der Waals surface area contributed by atoms with Gasteiger partial charge in [-0.1, -0.05) is 38.5 Å². The smallest absolute Gasteiger partial charge is 0.408 e. The molecular weight excluding hydrogens is 436 g/mol. The van der Waals surface area contributed by atoms with Crippen molar-refractivity contribution in [2.45, 2.75) is 148 Å². The van der Waals surface area contributed by atoms with Crippen molar-refractivity contribution in [2.75, 3.05) is 0 Å². The number of ether oxygens (including phenoxy) is 2. The van der Waals surface area contributed by atoms with E-state index in [9.17, 15) is 14.4 Å². The van der Waals surface area contributed by atoms with Gasteiger partial charge in [0.1, 0.15) is 17.2 Å². The van der Waals surface area contributed by atoms with Gasteiger partial charge in [0.05, 0.1) is 0 Å². The highest BCUT2D eigenvalue weighted by Gasteiger charge is 2.26. The van der Waals surface area contributed by atoms with Crippen molar-refractivity contribution in [2.24, 2.45) is 0 Å². The van der Waals surface area contributed by atoms with Gasteiger partial charge in [-0.15, -0.1) is 0 Å². The first kappa shape index (κ1) is 30.2. The Labute approximate surface area is 205 Å². The van der Waals surface area contributed by atoms with Gasteiger partial charge in [-0.3, -0.25) is 4.79 Å². The summed E-state index contributed by atoms with van der Waals surface area (Å²) in [5.41, 5.74) is -1.35. The van der Waals surface area contributed by atoms with Gasteiger partial charge >= 0.3 is 18.0 Å². The number of aliphatic carboxylic acids is 1. The number of hydrogen-bond donors (Lipinski definition) is 3. The number of nitrogens with one attached hydrogen (secondary N) is 2. The molecule has 8 nitrogen and oxygen atoms in total. The molecule has 0 aromatic rings. The molecule has 0 spiro atoms. The van der Waals surface area contributed by atoms with Gasteiger partial charge in [0, 0.05) is 18.5 Å². The first-order valence-electron chi connectivity index (χ1n) is 13.0. The lowest BCUT2D eigenvalue weighted by Gasteiger charge is -2.30. The molecule has 2 saturated carbocycles. The van der Waals surface area contributed by atoms with Gasteiger partial charge in [0.15, 0.2) is 0 Å². The van der Waals surface area contributed by atoms with Gasteiger partial charge in [-0.25, -0.2) is 9.59 Å². The summed E-state index contributed by atoms with van der Waals surface area (Å²) in [5.74, 6) is -1.75. The van der Waals surface area contributed by atoms with E-state index in [1.54, 1.807) is 41.5 Å². The Morgan fingerprint density at radius 2 is 1.24 bits per heavy atom. The first-order chi connectivity index (χ1) is 15.7. The fourth-order valence-electron chi connectivity index (χ4n) is 4.23. The molecule has 1 amide bonds. The van der Waals surface area contributed by atoms with E-state index in [0.717, 1.165) is 12.1 Å². The zero-order valence-electron chi connectivity index (χ0n) is 22.2. The van der Waals surface area contributed by atoms with Crippen molar-refractivity contribution >= 4 is 18.0 Å². The molecule has 2 rings (SSSR count). The molecule has 0 radical (unpaired) electrons. The number of rotatable bonds is 7. The summed E-state index contributed by atoms with van der Waals surface area (Å²) >= 11 is 0. The molecule has 2 aliphatic rings. The van der Waals surface area contributed by atoms with Gasteiger partial charge in [-0.05, 0) is 73.6 Å². The van der Waals surface area contributed by atoms with Crippen LogP contribution in [0.4, 0.5) is 4.79 Å². The molecule has 1 atom stereocenters. The van der Waals surface area contributed by atoms with Gasteiger partial charge < -0.3 is 25.2 Å². The second-order valence-corrected chi connectivity index (χ2v) is 11.5. The lowest BCUT2D eigenvalue weighted by atomic mass is 9.91. The fraction of sp³-hybridized carbons (Fsp3) is 0.885. The van der Waals surface area contributed by atoms with E-state index in [-0.39, 0.29) is 12.8 Å². The van der Waals surface area contributed by atoms with Crippen LogP contribution in [0.5, 0.6) is 0 Å². The summed E-state index contributed by atoms with van der Waals surface area (Å²) in [4.78, 5) is 34.2. The molecule has 0 aromatic carbocycles. The lowest BCUT2D eigenvalue weighted by molar-refractivity contribution is -0.155. The molecule has 198 valence electrons. The minimum atomic E-state index is -1.23. The van der Waals surface area contributed by atoms with E-state index in [1.807, 2.05) is 0 Å². The van der Waals surface area contributed by atoms with E-state index in [2.05, 4.69) is 10.6 Å². The van der Waals surface area contributed by atoms with Crippen molar-refractivity contribution < 1.29 is 29.0 Å². The van der Waals surface area contributed by atoms with Gasteiger partial charge in [-0.2, -0.15) is 0 Å². The van der Waals surface area contributed by atoms with Crippen LogP contribution in [0.15, 0.2) is 0 Å². The number of hydrogen-bond acceptors (Lipinski definition) is 6. The molecule has 0 heterocycles. The van der Waals surface area contributed by atoms with Crippen LogP contribution in [-0.4, -0.2) is 52.5 Å². The quantitative estimate of drug-likeness (QED) is 0.419. The molecule has 1 unspecified atom stereocenters. The van der Waals surface area contributed by atoms with Crippen molar-refractivity contribution in [1.82, 2.24) is 10.6 Å². The largest absolute Gasteiger partial charge is 0.480 e. The van der Waals surface area contributed by atoms with E-state index < -0.39 is 35.3 Å². The average molecular weight is 485 g/mol. The maximum Gasteiger partial charge on any atom is 0.408 e. The monoisotopic (exact) mass is 484 g/mol. The van der Waals surface area contributed by atoms with E-state index in [0.29, 0.717) is 0 Å². The van der Waals surface area contributed by atoms with E-state index in [4.69, 9.17) is 14.6 Å². The number of carbonyl (C=O) groups is 3. The van der Waals surface area contributed by atoms with Crippen molar-refractivity contribution in [3.05, 3.63) is 0 Å². The maximum atomic E-state index is 11.5. The highest BCUT2D eigenvalue weighted by Crippen LogP contribution is 2.22. The van der Waals surface area contributed by atoms with Crippen LogP contribution in [0.1, 0.15) is 119 Å². The maximum absolute atomic E-state index is 11.5. The van der Waals surface area contributed by atoms with Crippen molar-refractivity contribution in [3.8, 4) is 0 Å². The number of carboxylic acids is 1. The normalized spacial score (nSPS) is 18.8. The summed E-state index contributed by atoms with van der Waals surface area (Å²) in [6.45, 7) is 10.2. The highest BCUT2D eigenvalue weighted by atomic mass is 16.6. The molecule has 0 aliphatic heterocycles. The molecule has 2 aliphatic carbocycles. The highest BCUT2D eigenvalue weighted by molar-refractivity contribution is 5.81. The molecule has 0 saturated heterocycles. The number of carbonyl (C=O) groups excluding carboxylic acids is 2. The fourth-order valence-corrected chi connectivity index (χ4v) is 4.23. The topological polar surface area (TPSA) is 114 Å². The van der Waals surface area contributed by atoms with Crippen molar-refractivity contribution in [1.29, 1.82) is 0 Å². The zero-order valence-corrected chi connectivity index (χ0v) is 22.2. The third kappa shape index (κ3) is 15.1. The Bertz CT molecular complexity index is 610. The molecular formula is C26H48N2O6. The second-order valence-electron chi connectivity index (χ2n) is 11.5. The molecule has 2 fully saturated rings. The SMILES string of the molecule is C1CCC(NC2CCCCC2)CC1.CC(C)(C)OC(=O)CCC(NC(=O)OC(C)(C)C)C(=O)O. The Morgan fingerprint density at radius 1 is 0.794 bits per heavy atom. The summed E-state index contributed by atoms with van der Waals surface area (Å²) < 4.78 is 10.1. The molecule has 0 aromatic heterocycles. The Morgan fingerprint density at radius 3 is 1.62 bits per heavy atom. The molecule has 3 N–H and O–H groups in total. The number of alkyl carbamates (subject to hydrolysis) is 1. The molecule has 0 bridgehead atoms.